The number of hydrogen-bond donors (Lipinski definition) is 1. The van der Waals surface area contributed by atoms with E-state index in [4.69, 9.17) is 9.72 Å². The van der Waals surface area contributed by atoms with Gasteiger partial charge in [0, 0.05) is 30.9 Å². The Labute approximate surface area is 191 Å². The minimum Gasteiger partial charge on any atom is -0.480 e. The number of sulfonamides is 1. The van der Waals surface area contributed by atoms with E-state index in [0.717, 1.165) is 48.1 Å². The Morgan fingerprint density at radius 2 is 1.85 bits per heavy atom. The Morgan fingerprint density at radius 3 is 2.61 bits per heavy atom. The summed E-state index contributed by atoms with van der Waals surface area (Å²) in [4.78, 5) is 19.4. The van der Waals surface area contributed by atoms with Crippen molar-refractivity contribution >= 4 is 32.4 Å². The molecule has 0 atom stereocenters. The number of fused-ring (bicyclic) bond motifs is 1. The molecule has 1 aliphatic rings. The predicted molar refractivity (Wildman–Crippen MR) is 126 cm³/mol. The van der Waals surface area contributed by atoms with E-state index in [0.29, 0.717) is 11.6 Å². The predicted octanol–water partition coefficient (Wildman–Crippen LogP) is 3.50. The first kappa shape index (κ1) is 21.1. The Morgan fingerprint density at radius 1 is 1.00 bits per heavy atom. The molecule has 0 spiro atoms. The van der Waals surface area contributed by atoms with Crippen LogP contribution >= 0.6 is 0 Å². The Kier molecular flexibility index (Phi) is 5.51. The largest absolute Gasteiger partial charge is 0.480 e. The third kappa shape index (κ3) is 4.17. The highest BCUT2D eigenvalue weighted by Crippen LogP contribution is 2.35. The van der Waals surface area contributed by atoms with Crippen molar-refractivity contribution < 1.29 is 13.2 Å². The van der Waals surface area contributed by atoms with Crippen LogP contribution in [0, 0.1) is 0 Å². The van der Waals surface area contributed by atoms with E-state index >= 15 is 0 Å². The van der Waals surface area contributed by atoms with Gasteiger partial charge in [-0.3, -0.25) is 9.71 Å². The Bertz CT molecular complexity index is 1410. The number of methoxy groups -OCH3 is 1. The van der Waals surface area contributed by atoms with Crippen molar-refractivity contribution in [3.8, 4) is 17.1 Å². The van der Waals surface area contributed by atoms with Crippen molar-refractivity contribution in [3.05, 3.63) is 61.2 Å². The lowest BCUT2D eigenvalue weighted by atomic mass is 10.0. The molecule has 9 nitrogen and oxygen atoms in total. The van der Waals surface area contributed by atoms with Crippen LogP contribution in [0.15, 0.2) is 66.1 Å². The summed E-state index contributed by atoms with van der Waals surface area (Å²) in [5, 5.41) is 1.53. The first-order chi connectivity index (χ1) is 16.0. The van der Waals surface area contributed by atoms with Gasteiger partial charge in [-0.2, -0.15) is 4.98 Å². The van der Waals surface area contributed by atoms with Crippen LogP contribution in [0.5, 0.6) is 5.88 Å². The quantitative estimate of drug-likeness (QED) is 0.464. The third-order valence-electron chi connectivity index (χ3n) is 5.59. The lowest BCUT2D eigenvalue weighted by molar-refractivity contribution is 0.399. The maximum atomic E-state index is 12.8. The van der Waals surface area contributed by atoms with Crippen LogP contribution in [0.3, 0.4) is 0 Å². The average molecular weight is 463 g/mol. The number of anilines is 2. The molecule has 1 N–H and O–H groups in total. The highest BCUT2D eigenvalue weighted by molar-refractivity contribution is 7.92. The van der Waals surface area contributed by atoms with E-state index < -0.39 is 10.0 Å². The summed E-state index contributed by atoms with van der Waals surface area (Å²) in [6.45, 7) is 1.98. The van der Waals surface area contributed by atoms with Crippen LogP contribution in [0.1, 0.15) is 12.8 Å². The van der Waals surface area contributed by atoms with E-state index in [-0.39, 0.29) is 10.7 Å². The monoisotopic (exact) mass is 462 g/mol. The molecule has 3 aromatic heterocycles. The van der Waals surface area contributed by atoms with Gasteiger partial charge in [0.25, 0.3) is 10.0 Å². The molecule has 5 rings (SSSR count). The van der Waals surface area contributed by atoms with E-state index in [1.54, 1.807) is 37.6 Å². The van der Waals surface area contributed by atoms with E-state index in [9.17, 15) is 8.42 Å². The molecule has 1 fully saturated rings. The molecular weight excluding hydrogens is 440 g/mol. The minimum absolute atomic E-state index is 0.125. The second-order valence-corrected chi connectivity index (χ2v) is 9.35. The number of hydrogen-bond acceptors (Lipinski definition) is 8. The van der Waals surface area contributed by atoms with Crippen LogP contribution < -0.4 is 14.4 Å². The highest BCUT2D eigenvalue weighted by atomic mass is 32.2. The number of aromatic nitrogens is 4. The lowest BCUT2D eigenvalue weighted by Gasteiger charge is -2.18. The summed E-state index contributed by atoms with van der Waals surface area (Å²) < 4.78 is 33.7. The van der Waals surface area contributed by atoms with Gasteiger partial charge in [0.1, 0.15) is 18.0 Å². The Balaban J connectivity index is 1.53. The Hall–Kier alpha value is -3.79. The number of nitrogens with zero attached hydrogens (tertiary/aromatic N) is 5. The second-order valence-electron chi connectivity index (χ2n) is 7.66. The maximum Gasteiger partial charge on any atom is 0.263 e. The van der Waals surface area contributed by atoms with Gasteiger partial charge in [0.2, 0.25) is 5.88 Å². The van der Waals surface area contributed by atoms with Crippen LogP contribution in [0.25, 0.3) is 22.0 Å². The SMILES string of the molecule is COc1nc(N2CCCC2)ccc1-c1nccc2cc(S(=O)(=O)Nc3ccncn3)ccc12. The van der Waals surface area contributed by atoms with Crippen LogP contribution in [0.2, 0.25) is 0 Å². The van der Waals surface area contributed by atoms with Crippen molar-refractivity contribution in [1.82, 2.24) is 19.9 Å². The number of nitrogens with one attached hydrogen (secondary N) is 1. The summed E-state index contributed by atoms with van der Waals surface area (Å²) in [6.07, 6.45) is 6.73. The summed E-state index contributed by atoms with van der Waals surface area (Å²) in [5.41, 5.74) is 1.43. The molecule has 0 saturated carbocycles. The van der Waals surface area contributed by atoms with Gasteiger partial charge in [-0.25, -0.2) is 18.4 Å². The van der Waals surface area contributed by atoms with Crippen LogP contribution in [0.4, 0.5) is 11.6 Å². The summed E-state index contributed by atoms with van der Waals surface area (Å²) >= 11 is 0. The molecule has 0 radical (unpaired) electrons. The van der Waals surface area contributed by atoms with E-state index in [1.807, 2.05) is 12.1 Å². The van der Waals surface area contributed by atoms with E-state index in [1.165, 1.54) is 18.6 Å². The zero-order chi connectivity index (χ0) is 22.8. The molecule has 0 amide bonds. The normalized spacial score (nSPS) is 13.9. The third-order valence-corrected chi connectivity index (χ3v) is 6.94. The molecule has 0 unspecified atom stereocenters. The number of pyridine rings is 2. The van der Waals surface area contributed by atoms with Crippen LogP contribution in [-0.2, 0) is 10.0 Å². The lowest BCUT2D eigenvalue weighted by Crippen LogP contribution is -2.19. The fraction of sp³-hybridized carbons (Fsp3) is 0.217. The second kappa shape index (κ2) is 8.62. The summed E-state index contributed by atoms with van der Waals surface area (Å²) in [7, 11) is -2.22. The molecule has 4 aromatic rings. The van der Waals surface area contributed by atoms with Crippen molar-refractivity contribution in [2.45, 2.75) is 17.7 Å². The van der Waals surface area contributed by atoms with Gasteiger partial charge in [-0.1, -0.05) is 6.07 Å². The fourth-order valence-electron chi connectivity index (χ4n) is 3.97. The van der Waals surface area contributed by atoms with Gasteiger partial charge in [0.05, 0.1) is 23.3 Å². The van der Waals surface area contributed by atoms with Gasteiger partial charge in [-0.15, -0.1) is 0 Å². The number of ether oxygens (including phenoxy) is 1. The minimum atomic E-state index is -3.81. The van der Waals surface area contributed by atoms with E-state index in [2.05, 4.69) is 24.6 Å². The zero-order valence-electron chi connectivity index (χ0n) is 18.0. The van der Waals surface area contributed by atoms with Gasteiger partial charge in [-0.05, 0) is 54.6 Å². The molecule has 0 aliphatic carbocycles. The fourth-order valence-corrected chi connectivity index (χ4v) is 5.02. The molecule has 33 heavy (non-hydrogen) atoms. The van der Waals surface area contributed by atoms with Gasteiger partial charge < -0.3 is 9.64 Å². The van der Waals surface area contributed by atoms with Crippen molar-refractivity contribution in [3.63, 3.8) is 0 Å². The molecule has 10 heteroatoms. The highest BCUT2D eigenvalue weighted by Gasteiger charge is 2.20. The molecule has 1 aromatic carbocycles. The van der Waals surface area contributed by atoms with Gasteiger partial charge >= 0.3 is 0 Å². The molecule has 1 saturated heterocycles. The smallest absolute Gasteiger partial charge is 0.263 e. The molecule has 1 aliphatic heterocycles. The molecule has 168 valence electrons. The maximum absolute atomic E-state index is 12.8. The topological polar surface area (TPSA) is 110 Å². The molecule has 0 bridgehead atoms. The number of benzene rings is 1. The first-order valence-corrected chi connectivity index (χ1v) is 12.0. The van der Waals surface area contributed by atoms with Crippen molar-refractivity contribution in [2.75, 3.05) is 29.8 Å². The molecular formula is C23H22N6O3S. The van der Waals surface area contributed by atoms with Crippen LogP contribution in [-0.4, -0.2) is 48.6 Å². The summed E-state index contributed by atoms with van der Waals surface area (Å²) in [5.74, 6) is 1.58. The molecule has 4 heterocycles. The van der Waals surface area contributed by atoms with Crippen molar-refractivity contribution in [1.29, 1.82) is 0 Å². The van der Waals surface area contributed by atoms with Crippen molar-refractivity contribution in [2.24, 2.45) is 0 Å². The zero-order valence-corrected chi connectivity index (χ0v) is 18.8. The summed E-state index contributed by atoms with van der Waals surface area (Å²) in [6, 6.07) is 12.1. The standard InChI is InChI=1S/C23H22N6O3S/c1-32-23-19(6-7-21(27-23)29-12-2-3-13-29)22-18-5-4-17(14-16(18)8-11-25-22)33(30,31)28-20-9-10-24-15-26-20/h4-11,14-15H,2-3,12-13H2,1H3,(H,24,26,28). The number of rotatable bonds is 6. The first-order valence-electron chi connectivity index (χ1n) is 10.5. The average Bonchev–Trinajstić information content (AvgIpc) is 3.38. The van der Waals surface area contributed by atoms with Gasteiger partial charge in [0.15, 0.2) is 0 Å².